The molecule has 4 aromatic rings. The van der Waals surface area contributed by atoms with E-state index in [0.717, 1.165) is 17.3 Å². The molecule has 3 aromatic carbocycles. The van der Waals surface area contributed by atoms with Crippen molar-refractivity contribution in [2.24, 2.45) is 0 Å². The number of anilines is 1. The first kappa shape index (κ1) is 39.2. The third-order valence-corrected chi connectivity index (χ3v) is 9.96. The molecule has 0 amide bonds. The van der Waals surface area contributed by atoms with Crippen LogP contribution in [-0.2, 0) is 16.9 Å². The summed E-state index contributed by atoms with van der Waals surface area (Å²) in [6, 6.07) is 26.6. The summed E-state index contributed by atoms with van der Waals surface area (Å²) in [5.74, 6) is 0.418. The fraction of sp³-hybridized carbons (Fsp3) is 0.214. The second-order valence-electron chi connectivity index (χ2n) is 12.3. The molecule has 2 aliphatic heterocycles. The molecule has 10 nitrogen and oxygen atoms in total. The lowest BCUT2D eigenvalue weighted by Gasteiger charge is -2.33. The van der Waals surface area contributed by atoms with Crippen molar-refractivity contribution in [3.63, 3.8) is 0 Å². The van der Waals surface area contributed by atoms with Crippen LogP contribution in [0.25, 0.3) is 18.2 Å². The Hall–Kier alpha value is -6.50. The number of thiophene rings is 1. The number of benzene rings is 3. The first-order chi connectivity index (χ1) is 27.2. The molecule has 2 N–H and O–H groups in total. The number of aliphatic hydroxyl groups excluding tert-OH is 2. The van der Waals surface area contributed by atoms with Gasteiger partial charge in [0.25, 0.3) is 5.60 Å². The van der Waals surface area contributed by atoms with Crippen molar-refractivity contribution in [3.05, 3.63) is 134 Å². The molecule has 0 bridgehead atoms. The van der Waals surface area contributed by atoms with Crippen molar-refractivity contribution >= 4 is 35.3 Å². The summed E-state index contributed by atoms with van der Waals surface area (Å²) in [7, 11) is 0. The van der Waals surface area contributed by atoms with Gasteiger partial charge < -0.3 is 34.1 Å². The molecule has 0 radical (unpaired) electrons. The highest BCUT2D eigenvalue weighted by Gasteiger charge is 2.65. The number of alkyl halides is 3. The number of halogens is 3. The second kappa shape index (κ2) is 17.3. The van der Waals surface area contributed by atoms with Crippen LogP contribution in [0, 0.1) is 34.0 Å². The van der Waals surface area contributed by atoms with Crippen LogP contribution in [0.3, 0.4) is 0 Å². The number of fused-ring (bicyclic) bond motifs is 1. The minimum Gasteiger partial charge on any atom is -0.488 e. The first-order valence-corrected chi connectivity index (χ1v) is 18.1. The summed E-state index contributed by atoms with van der Waals surface area (Å²) < 4.78 is 69.7. The molecule has 0 aliphatic carbocycles. The Morgan fingerprint density at radius 1 is 0.839 bits per heavy atom. The molecule has 0 saturated carbocycles. The number of hydrogen-bond donors (Lipinski definition) is 2. The van der Waals surface area contributed by atoms with Crippen molar-refractivity contribution < 1.29 is 42.3 Å². The highest BCUT2D eigenvalue weighted by molar-refractivity contribution is 7.14. The fourth-order valence-corrected chi connectivity index (χ4v) is 7.30. The number of allylic oxidation sites excluding steroid dienone is 2. The zero-order chi connectivity index (χ0) is 39.7. The third-order valence-electron chi connectivity index (χ3n) is 8.88. The molecular weight excluding hydrogens is 746 g/mol. The first-order valence-electron chi connectivity index (χ1n) is 17.3. The molecule has 2 aliphatic rings. The predicted molar refractivity (Wildman–Crippen MR) is 203 cm³/mol. The van der Waals surface area contributed by atoms with E-state index in [9.17, 15) is 26.0 Å². The molecule has 14 heteroatoms. The van der Waals surface area contributed by atoms with Crippen LogP contribution in [0.4, 0.5) is 18.9 Å². The minimum atomic E-state index is -5.14. The fourth-order valence-electron chi connectivity index (χ4n) is 6.30. The quantitative estimate of drug-likeness (QED) is 0.129. The van der Waals surface area contributed by atoms with E-state index in [1.54, 1.807) is 30.4 Å². The lowest BCUT2D eigenvalue weighted by molar-refractivity contribution is -0.249. The molecule has 284 valence electrons. The smallest absolute Gasteiger partial charge is 0.437 e. The molecule has 1 atom stereocenters. The summed E-state index contributed by atoms with van der Waals surface area (Å²) in [6.45, 7) is 1.03. The van der Waals surface area contributed by atoms with Gasteiger partial charge in [0, 0.05) is 41.5 Å². The Morgan fingerprint density at radius 3 is 2.02 bits per heavy atom. The summed E-state index contributed by atoms with van der Waals surface area (Å²) in [5, 5.41) is 48.5. The third kappa shape index (κ3) is 7.83. The van der Waals surface area contributed by atoms with Crippen LogP contribution in [0.5, 0.6) is 17.2 Å². The maximum absolute atomic E-state index is 15.3. The van der Waals surface area contributed by atoms with Gasteiger partial charge in [0.2, 0.25) is 0 Å². The van der Waals surface area contributed by atoms with Crippen molar-refractivity contribution in [2.45, 2.75) is 18.4 Å². The maximum Gasteiger partial charge on any atom is 0.437 e. The van der Waals surface area contributed by atoms with E-state index in [4.69, 9.17) is 18.9 Å². The molecule has 3 heterocycles. The van der Waals surface area contributed by atoms with E-state index in [-0.39, 0.29) is 44.3 Å². The van der Waals surface area contributed by atoms with E-state index in [0.29, 0.717) is 39.9 Å². The Kier molecular flexibility index (Phi) is 12.1. The van der Waals surface area contributed by atoms with Gasteiger partial charge >= 0.3 is 6.18 Å². The van der Waals surface area contributed by atoms with E-state index in [1.165, 1.54) is 47.7 Å². The SMILES string of the molecule is N#CC(C#N)=C1OC(c2ccccc2)(C(F)(F)F)C(/C=C/c2sc(/C=C/c3ccc(N(CCO)CCO)cc3OCc3ccccc3)c3c2OCCO3)=C1C#N. The van der Waals surface area contributed by atoms with E-state index in [2.05, 4.69) is 0 Å². The van der Waals surface area contributed by atoms with Gasteiger partial charge in [-0.05, 0) is 35.9 Å². The largest absolute Gasteiger partial charge is 0.488 e. The van der Waals surface area contributed by atoms with Gasteiger partial charge in [-0.1, -0.05) is 66.7 Å². The highest BCUT2D eigenvalue weighted by atomic mass is 32.1. The molecule has 0 spiro atoms. The standard InChI is InChI=1S/C42H33F3N4O6S/c43-42(44,45)41(31-9-5-2-6-10-31)34(33(26-48)38(55-41)30(24-46)25-47)14-16-37-40-39(52-21-22-53-40)36(56-37)15-12-29-11-13-32(49(17-19-50)18-20-51)23-35(29)54-27-28-7-3-1-4-8-28/h1-16,23,50-51H,17-22,27H2/b15-12+,16-14+. The Morgan fingerprint density at radius 2 is 1.45 bits per heavy atom. The van der Waals surface area contributed by atoms with Crippen LogP contribution in [0.15, 0.2) is 107 Å². The van der Waals surface area contributed by atoms with Crippen LogP contribution in [0.2, 0.25) is 0 Å². The van der Waals surface area contributed by atoms with Crippen LogP contribution >= 0.6 is 11.3 Å². The van der Waals surface area contributed by atoms with Gasteiger partial charge in [-0.15, -0.1) is 11.3 Å². The number of ether oxygens (including phenoxy) is 4. The van der Waals surface area contributed by atoms with Gasteiger partial charge in [0.15, 0.2) is 22.8 Å². The van der Waals surface area contributed by atoms with Gasteiger partial charge in [-0.25, -0.2) is 0 Å². The number of aliphatic hydroxyl groups is 2. The number of nitrogens with zero attached hydrogens (tertiary/aromatic N) is 4. The average Bonchev–Trinajstić information content (AvgIpc) is 3.75. The highest BCUT2D eigenvalue weighted by Crippen LogP contribution is 2.56. The topological polar surface area (TPSA) is 152 Å². The monoisotopic (exact) mass is 778 g/mol. The molecule has 1 aromatic heterocycles. The van der Waals surface area contributed by atoms with Crippen molar-refractivity contribution in [3.8, 4) is 35.5 Å². The maximum atomic E-state index is 15.3. The zero-order valence-electron chi connectivity index (χ0n) is 29.6. The lowest BCUT2D eigenvalue weighted by atomic mass is 9.84. The molecular formula is C42H33F3N4O6S. The normalized spacial score (nSPS) is 16.4. The van der Waals surface area contributed by atoms with E-state index >= 15 is 13.2 Å². The molecule has 56 heavy (non-hydrogen) atoms. The molecule has 0 saturated heterocycles. The van der Waals surface area contributed by atoms with Gasteiger partial charge in [-0.3, -0.25) is 0 Å². The van der Waals surface area contributed by atoms with Crippen LogP contribution in [0.1, 0.15) is 26.4 Å². The number of hydrogen-bond acceptors (Lipinski definition) is 11. The van der Waals surface area contributed by atoms with Gasteiger partial charge in [-0.2, -0.15) is 29.0 Å². The van der Waals surface area contributed by atoms with Crippen LogP contribution in [-0.4, -0.2) is 55.9 Å². The van der Waals surface area contributed by atoms with Crippen molar-refractivity contribution in [2.75, 3.05) is 44.4 Å². The minimum absolute atomic E-state index is 0.117. The Bertz CT molecular complexity index is 2300. The lowest BCUT2D eigenvalue weighted by Crippen LogP contribution is -2.43. The number of nitriles is 3. The summed E-state index contributed by atoms with van der Waals surface area (Å²) >= 11 is 1.17. The summed E-state index contributed by atoms with van der Waals surface area (Å²) in [4.78, 5) is 2.79. The average molecular weight is 779 g/mol. The van der Waals surface area contributed by atoms with Gasteiger partial charge in [0.05, 0.1) is 23.0 Å². The van der Waals surface area contributed by atoms with Gasteiger partial charge in [0.1, 0.15) is 49.4 Å². The molecule has 1 unspecified atom stereocenters. The summed E-state index contributed by atoms with van der Waals surface area (Å²) in [6.07, 6.45) is 0.914. The number of rotatable bonds is 13. The molecule has 6 rings (SSSR count). The second-order valence-corrected chi connectivity index (χ2v) is 13.3. The molecule has 0 fully saturated rings. The Balaban J connectivity index is 1.43. The predicted octanol–water partition coefficient (Wildman–Crippen LogP) is 7.68. The summed E-state index contributed by atoms with van der Waals surface area (Å²) in [5.41, 5.74) is -3.20. The zero-order valence-corrected chi connectivity index (χ0v) is 30.4. The van der Waals surface area contributed by atoms with Crippen molar-refractivity contribution in [1.82, 2.24) is 0 Å². The van der Waals surface area contributed by atoms with Crippen molar-refractivity contribution in [1.29, 1.82) is 15.8 Å². The van der Waals surface area contributed by atoms with E-state index in [1.807, 2.05) is 53.4 Å². The van der Waals surface area contributed by atoms with E-state index < -0.39 is 34.3 Å². The van der Waals surface area contributed by atoms with Crippen LogP contribution < -0.4 is 19.1 Å². The Labute approximate surface area is 324 Å².